The second-order valence-corrected chi connectivity index (χ2v) is 9.94. The zero-order chi connectivity index (χ0) is 23.9. The summed E-state index contributed by atoms with van der Waals surface area (Å²) in [6, 6.07) is 22.7. The van der Waals surface area contributed by atoms with Crippen molar-refractivity contribution < 1.29 is 14.1 Å². The lowest BCUT2D eigenvalue weighted by atomic mass is 9.55. The highest BCUT2D eigenvalue weighted by Crippen LogP contribution is 2.63. The van der Waals surface area contributed by atoms with Gasteiger partial charge in [0, 0.05) is 36.1 Å². The summed E-state index contributed by atoms with van der Waals surface area (Å²) >= 11 is 0. The summed E-state index contributed by atoms with van der Waals surface area (Å²) in [7, 11) is 0. The molecular weight excluding hydrogens is 444 g/mol. The summed E-state index contributed by atoms with van der Waals surface area (Å²) in [6.07, 6.45) is 0.485. The molecule has 4 bridgehead atoms. The van der Waals surface area contributed by atoms with Crippen molar-refractivity contribution in [1.29, 1.82) is 0 Å². The van der Waals surface area contributed by atoms with Crippen LogP contribution in [0.2, 0.25) is 0 Å². The highest BCUT2D eigenvalue weighted by atomic mass is 16.6. The fourth-order valence-electron chi connectivity index (χ4n) is 6.60. The van der Waals surface area contributed by atoms with Gasteiger partial charge in [0.25, 0.3) is 5.69 Å². The molecule has 0 radical (unpaired) electrons. The van der Waals surface area contributed by atoms with Crippen LogP contribution in [0.3, 0.4) is 0 Å². The predicted molar refractivity (Wildman–Crippen MR) is 129 cm³/mol. The molecular formula is C28H22N2O5. The summed E-state index contributed by atoms with van der Waals surface area (Å²) in [5.74, 6) is 0.574. The van der Waals surface area contributed by atoms with Crippen LogP contribution in [0.1, 0.15) is 47.6 Å². The SMILES string of the molecule is CC12CC3c4ccccc4C1C(Oc1c2c(=O)oc2ccccc12)N3Cc1ccc([N+](=O)[O-])cc1. The lowest BCUT2D eigenvalue weighted by Crippen LogP contribution is -2.63. The van der Waals surface area contributed by atoms with E-state index < -0.39 is 5.41 Å². The summed E-state index contributed by atoms with van der Waals surface area (Å²) < 4.78 is 12.5. The molecule has 0 spiro atoms. The van der Waals surface area contributed by atoms with E-state index in [2.05, 4.69) is 30.0 Å². The van der Waals surface area contributed by atoms with Crippen LogP contribution in [0.4, 0.5) is 5.69 Å². The van der Waals surface area contributed by atoms with Gasteiger partial charge in [0.05, 0.1) is 15.9 Å². The molecule has 0 N–H and O–H groups in total. The monoisotopic (exact) mass is 466 g/mol. The van der Waals surface area contributed by atoms with Crippen molar-refractivity contribution in [3.63, 3.8) is 0 Å². The van der Waals surface area contributed by atoms with Crippen molar-refractivity contribution in [1.82, 2.24) is 4.90 Å². The number of non-ortho nitro benzene ring substituents is 1. The molecule has 4 atom stereocenters. The van der Waals surface area contributed by atoms with Gasteiger partial charge in [-0.2, -0.15) is 0 Å². The maximum Gasteiger partial charge on any atom is 0.343 e. The number of hydrogen-bond donors (Lipinski definition) is 0. The molecule has 1 fully saturated rings. The van der Waals surface area contributed by atoms with Crippen LogP contribution in [0.15, 0.2) is 82.0 Å². The average Bonchev–Trinajstić information content (AvgIpc) is 2.85. The first kappa shape index (κ1) is 20.4. The molecule has 0 saturated carbocycles. The van der Waals surface area contributed by atoms with Gasteiger partial charge in [-0.05, 0) is 35.2 Å². The zero-order valence-electron chi connectivity index (χ0n) is 19.0. The number of fused-ring (bicyclic) bond motifs is 3. The molecule has 3 aliphatic heterocycles. The van der Waals surface area contributed by atoms with Crippen molar-refractivity contribution >= 4 is 16.7 Å². The van der Waals surface area contributed by atoms with Gasteiger partial charge in [-0.15, -0.1) is 0 Å². The van der Waals surface area contributed by atoms with Gasteiger partial charge in [0.2, 0.25) is 0 Å². The van der Waals surface area contributed by atoms with E-state index in [9.17, 15) is 14.9 Å². The quantitative estimate of drug-likeness (QED) is 0.228. The summed E-state index contributed by atoms with van der Waals surface area (Å²) in [4.78, 5) is 26.4. The van der Waals surface area contributed by atoms with Crippen LogP contribution < -0.4 is 10.4 Å². The first-order valence-electron chi connectivity index (χ1n) is 11.8. The number of hydrogen-bond acceptors (Lipinski definition) is 6. The Hall–Kier alpha value is -3.97. The Kier molecular flexibility index (Phi) is 4.09. The number of nitro benzene ring substituents is 1. The Morgan fingerprint density at radius 2 is 1.74 bits per heavy atom. The van der Waals surface area contributed by atoms with Gasteiger partial charge < -0.3 is 9.15 Å². The molecule has 174 valence electrons. The summed E-state index contributed by atoms with van der Waals surface area (Å²) in [5, 5.41) is 11.9. The van der Waals surface area contributed by atoms with E-state index in [1.807, 2.05) is 36.4 Å². The van der Waals surface area contributed by atoms with E-state index in [0.29, 0.717) is 23.4 Å². The largest absolute Gasteiger partial charge is 0.473 e. The van der Waals surface area contributed by atoms with Gasteiger partial charge in [-0.3, -0.25) is 15.0 Å². The molecule has 1 aromatic heterocycles. The molecule has 4 aromatic rings. The van der Waals surface area contributed by atoms with Gasteiger partial charge in [-0.25, -0.2) is 4.79 Å². The van der Waals surface area contributed by atoms with Crippen molar-refractivity contribution in [2.24, 2.45) is 0 Å². The minimum absolute atomic E-state index is 0.0420. The van der Waals surface area contributed by atoms with Crippen LogP contribution in [0.5, 0.6) is 5.75 Å². The third-order valence-corrected chi connectivity index (χ3v) is 8.09. The molecule has 1 saturated heterocycles. The van der Waals surface area contributed by atoms with Crippen LogP contribution >= 0.6 is 0 Å². The third kappa shape index (κ3) is 2.73. The highest BCUT2D eigenvalue weighted by Gasteiger charge is 2.61. The maximum atomic E-state index is 13.3. The number of rotatable bonds is 3. The van der Waals surface area contributed by atoms with Gasteiger partial charge in [-0.1, -0.05) is 55.5 Å². The van der Waals surface area contributed by atoms with Gasteiger partial charge >= 0.3 is 5.63 Å². The Morgan fingerprint density at radius 1 is 1.03 bits per heavy atom. The molecule has 1 aliphatic carbocycles. The lowest BCUT2D eigenvalue weighted by Gasteiger charge is -2.61. The van der Waals surface area contributed by atoms with Crippen LogP contribution in [-0.4, -0.2) is 16.1 Å². The first-order chi connectivity index (χ1) is 17.0. The van der Waals surface area contributed by atoms with Crippen LogP contribution in [-0.2, 0) is 12.0 Å². The van der Waals surface area contributed by atoms with Crippen LogP contribution in [0, 0.1) is 10.1 Å². The Balaban J connectivity index is 1.41. The molecule has 3 aromatic carbocycles. The molecule has 8 rings (SSSR count). The number of nitro groups is 1. The Labute approximate surface area is 200 Å². The molecule has 4 aliphatic rings. The van der Waals surface area contributed by atoms with Crippen molar-refractivity contribution in [3.8, 4) is 5.75 Å². The Bertz CT molecular complexity index is 1580. The van der Waals surface area contributed by atoms with Gasteiger partial charge in [0.1, 0.15) is 11.3 Å². The average molecular weight is 466 g/mol. The smallest absolute Gasteiger partial charge is 0.343 e. The van der Waals surface area contributed by atoms with E-state index in [0.717, 1.165) is 17.4 Å². The number of nitrogens with zero attached hydrogens (tertiary/aromatic N) is 2. The molecule has 4 unspecified atom stereocenters. The van der Waals surface area contributed by atoms with Crippen molar-refractivity contribution in [2.75, 3.05) is 0 Å². The number of para-hydroxylation sites is 1. The number of benzene rings is 3. The van der Waals surface area contributed by atoms with Gasteiger partial charge in [0.15, 0.2) is 6.23 Å². The van der Waals surface area contributed by atoms with Crippen molar-refractivity contribution in [3.05, 3.63) is 116 Å². The van der Waals surface area contributed by atoms with E-state index in [1.54, 1.807) is 18.2 Å². The molecule has 35 heavy (non-hydrogen) atoms. The second-order valence-electron chi connectivity index (χ2n) is 9.94. The lowest BCUT2D eigenvalue weighted by molar-refractivity contribution is -0.384. The fourth-order valence-corrected chi connectivity index (χ4v) is 6.60. The minimum atomic E-state index is -0.437. The molecule has 0 amide bonds. The summed E-state index contributed by atoms with van der Waals surface area (Å²) in [6.45, 7) is 2.76. The summed E-state index contributed by atoms with van der Waals surface area (Å²) in [5.41, 5.74) is 3.92. The number of piperidine rings is 1. The minimum Gasteiger partial charge on any atom is -0.473 e. The maximum absolute atomic E-state index is 13.3. The van der Waals surface area contributed by atoms with Crippen molar-refractivity contribution in [2.45, 2.75) is 43.5 Å². The van der Waals surface area contributed by atoms with Crippen LogP contribution in [0.25, 0.3) is 11.0 Å². The third-order valence-electron chi connectivity index (χ3n) is 8.09. The second kappa shape index (κ2) is 7.02. The molecule has 4 heterocycles. The standard InChI is InChI=1S/C28H22N2O5/c1-28-14-21-18-6-2-3-7-19(18)23(28)26(29(21)15-16-10-12-17(13-11-16)30(32)33)35-25-20-8-4-5-9-22(20)34-27(31)24(25)28/h2-13,21,23,26H,14-15H2,1H3. The predicted octanol–water partition coefficient (Wildman–Crippen LogP) is 5.42. The van der Waals surface area contributed by atoms with E-state index in [-0.39, 0.29) is 34.4 Å². The highest BCUT2D eigenvalue weighted by molar-refractivity contribution is 5.85. The normalized spacial score (nSPS) is 26.1. The number of ether oxygens (including phenoxy) is 1. The fraction of sp³-hybridized carbons (Fsp3) is 0.250. The molecule has 7 heteroatoms. The zero-order valence-corrected chi connectivity index (χ0v) is 19.0. The van der Waals surface area contributed by atoms with E-state index in [4.69, 9.17) is 9.15 Å². The van der Waals surface area contributed by atoms with E-state index in [1.165, 1.54) is 11.1 Å². The molecule has 7 nitrogen and oxygen atoms in total. The van der Waals surface area contributed by atoms with E-state index >= 15 is 0 Å². The Morgan fingerprint density at radius 3 is 2.51 bits per heavy atom. The first-order valence-corrected chi connectivity index (χ1v) is 11.8. The topological polar surface area (TPSA) is 85.8 Å².